The lowest BCUT2D eigenvalue weighted by Crippen LogP contribution is -2.57. The molecule has 6 heteroatoms. The van der Waals surface area contributed by atoms with E-state index in [-0.39, 0.29) is 18.1 Å². The van der Waals surface area contributed by atoms with Crippen LogP contribution in [0.3, 0.4) is 0 Å². The van der Waals surface area contributed by atoms with Crippen LogP contribution in [0.25, 0.3) is 0 Å². The summed E-state index contributed by atoms with van der Waals surface area (Å²) in [5, 5.41) is 14.2. The molecule has 6 nitrogen and oxygen atoms in total. The summed E-state index contributed by atoms with van der Waals surface area (Å²) in [6.45, 7) is 1.90. The fraction of sp³-hybridized carbons (Fsp3) is 0.714. The SMILES string of the molecule is Cn1cc(N2CCN(C3CCCCC3O)CC2=O)cn1. The first-order chi connectivity index (χ1) is 9.65. The Morgan fingerprint density at radius 2 is 2.10 bits per heavy atom. The summed E-state index contributed by atoms with van der Waals surface area (Å²) in [7, 11) is 1.85. The molecule has 0 bridgehead atoms. The molecule has 1 saturated heterocycles. The summed E-state index contributed by atoms with van der Waals surface area (Å²) in [6, 6.07) is 0.156. The molecule has 2 unspecified atom stereocenters. The van der Waals surface area contributed by atoms with Crippen molar-refractivity contribution in [3.05, 3.63) is 12.4 Å². The van der Waals surface area contributed by atoms with E-state index in [0.29, 0.717) is 13.1 Å². The molecule has 0 aromatic carbocycles. The maximum atomic E-state index is 12.3. The number of anilines is 1. The largest absolute Gasteiger partial charge is 0.391 e. The Morgan fingerprint density at radius 3 is 2.75 bits per heavy atom. The number of carbonyl (C=O) groups is 1. The minimum absolute atomic E-state index is 0.0991. The van der Waals surface area contributed by atoms with Crippen LogP contribution in [0.5, 0.6) is 0 Å². The van der Waals surface area contributed by atoms with Crippen LogP contribution in [-0.4, -0.2) is 57.5 Å². The topological polar surface area (TPSA) is 61.6 Å². The van der Waals surface area contributed by atoms with Gasteiger partial charge in [-0.05, 0) is 12.8 Å². The van der Waals surface area contributed by atoms with Gasteiger partial charge in [0.25, 0.3) is 0 Å². The Labute approximate surface area is 119 Å². The molecule has 1 saturated carbocycles. The van der Waals surface area contributed by atoms with E-state index in [0.717, 1.165) is 37.9 Å². The van der Waals surface area contributed by atoms with Crippen molar-refractivity contribution < 1.29 is 9.90 Å². The quantitative estimate of drug-likeness (QED) is 0.849. The number of hydrogen-bond donors (Lipinski definition) is 1. The number of nitrogens with zero attached hydrogens (tertiary/aromatic N) is 4. The highest BCUT2D eigenvalue weighted by molar-refractivity contribution is 5.95. The van der Waals surface area contributed by atoms with E-state index in [4.69, 9.17) is 0 Å². The van der Waals surface area contributed by atoms with Crippen LogP contribution in [0.2, 0.25) is 0 Å². The zero-order chi connectivity index (χ0) is 14.1. The van der Waals surface area contributed by atoms with E-state index in [1.54, 1.807) is 15.8 Å². The second-order valence-electron chi connectivity index (χ2n) is 5.81. The molecule has 1 aromatic rings. The van der Waals surface area contributed by atoms with Gasteiger partial charge in [-0.2, -0.15) is 5.10 Å². The lowest BCUT2D eigenvalue weighted by molar-refractivity contribution is -0.123. The molecule has 20 heavy (non-hydrogen) atoms. The van der Waals surface area contributed by atoms with Crippen LogP contribution in [0.15, 0.2) is 12.4 Å². The van der Waals surface area contributed by atoms with Gasteiger partial charge < -0.3 is 10.0 Å². The number of piperazine rings is 1. The Balaban J connectivity index is 1.66. The number of hydrogen-bond acceptors (Lipinski definition) is 4. The third kappa shape index (κ3) is 2.58. The van der Waals surface area contributed by atoms with Gasteiger partial charge in [0.1, 0.15) is 0 Å². The highest BCUT2D eigenvalue weighted by Gasteiger charge is 2.34. The average Bonchev–Trinajstić information content (AvgIpc) is 2.85. The van der Waals surface area contributed by atoms with E-state index < -0.39 is 0 Å². The summed E-state index contributed by atoms with van der Waals surface area (Å²) in [4.78, 5) is 16.3. The minimum atomic E-state index is -0.276. The van der Waals surface area contributed by atoms with Crippen molar-refractivity contribution in [2.75, 3.05) is 24.5 Å². The van der Waals surface area contributed by atoms with E-state index >= 15 is 0 Å². The molecule has 1 aliphatic carbocycles. The van der Waals surface area contributed by atoms with Crippen molar-refractivity contribution in [2.45, 2.75) is 37.8 Å². The molecule has 3 rings (SSSR count). The second-order valence-corrected chi connectivity index (χ2v) is 5.81. The summed E-state index contributed by atoms with van der Waals surface area (Å²) < 4.78 is 1.71. The minimum Gasteiger partial charge on any atom is -0.391 e. The first-order valence-electron chi connectivity index (χ1n) is 7.36. The number of aliphatic hydroxyl groups excluding tert-OH is 1. The zero-order valence-electron chi connectivity index (χ0n) is 11.9. The summed E-state index contributed by atoms with van der Waals surface area (Å²) in [5.41, 5.74) is 0.862. The van der Waals surface area contributed by atoms with Gasteiger partial charge in [-0.3, -0.25) is 14.4 Å². The Kier molecular flexibility index (Phi) is 3.76. The van der Waals surface area contributed by atoms with E-state index in [1.807, 2.05) is 13.2 Å². The number of carbonyl (C=O) groups excluding carboxylic acids is 1. The standard InChI is InChI=1S/C14H22N4O2/c1-16-9-11(8-15-16)18-7-6-17(10-14(18)20)12-4-2-3-5-13(12)19/h8-9,12-13,19H,2-7,10H2,1H3. The summed E-state index contributed by atoms with van der Waals surface area (Å²) in [6.07, 6.45) is 7.43. The molecular weight excluding hydrogens is 256 g/mol. The monoisotopic (exact) mass is 278 g/mol. The zero-order valence-corrected chi connectivity index (χ0v) is 11.9. The highest BCUT2D eigenvalue weighted by atomic mass is 16.3. The average molecular weight is 278 g/mol. The van der Waals surface area contributed by atoms with Crippen LogP contribution >= 0.6 is 0 Å². The molecule has 2 atom stereocenters. The number of aromatic nitrogens is 2. The third-order valence-electron chi connectivity index (χ3n) is 4.42. The van der Waals surface area contributed by atoms with Gasteiger partial charge >= 0.3 is 0 Å². The van der Waals surface area contributed by atoms with Crippen LogP contribution in [0.4, 0.5) is 5.69 Å². The van der Waals surface area contributed by atoms with Crippen LogP contribution in [0.1, 0.15) is 25.7 Å². The molecule has 0 spiro atoms. The van der Waals surface area contributed by atoms with Crippen LogP contribution in [-0.2, 0) is 11.8 Å². The summed E-state index contributed by atoms with van der Waals surface area (Å²) >= 11 is 0. The number of aryl methyl sites for hydroxylation is 1. The molecule has 1 aliphatic heterocycles. The van der Waals surface area contributed by atoms with Gasteiger partial charge in [-0.15, -0.1) is 0 Å². The number of rotatable bonds is 2. The van der Waals surface area contributed by atoms with Crippen molar-refractivity contribution in [1.82, 2.24) is 14.7 Å². The van der Waals surface area contributed by atoms with Crippen LogP contribution in [0, 0.1) is 0 Å². The maximum absolute atomic E-state index is 12.3. The normalized spacial score (nSPS) is 28.9. The first-order valence-corrected chi connectivity index (χ1v) is 7.36. The molecule has 2 aliphatic rings. The molecule has 1 amide bonds. The van der Waals surface area contributed by atoms with Gasteiger partial charge in [0.05, 0.1) is 24.5 Å². The Bertz CT molecular complexity index is 487. The third-order valence-corrected chi connectivity index (χ3v) is 4.42. The molecule has 0 radical (unpaired) electrons. The molecule has 110 valence electrons. The number of aliphatic hydroxyl groups is 1. The van der Waals surface area contributed by atoms with Gasteiger partial charge in [0.2, 0.25) is 5.91 Å². The maximum Gasteiger partial charge on any atom is 0.241 e. The van der Waals surface area contributed by atoms with Crippen molar-refractivity contribution in [3.8, 4) is 0 Å². The van der Waals surface area contributed by atoms with E-state index in [9.17, 15) is 9.90 Å². The smallest absolute Gasteiger partial charge is 0.241 e. The first kappa shape index (κ1) is 13.6. The molecule has 1 aromatic heterocycles. The van der Waals surface area contributed by atoms with Crippen LogP contribution < -0.4 is 4.90 Å². The molecule has 2 fully saturated rings. The summed E-state index contributed by atoms with van der Waals surface area (Å²) in [5.74, 6) is 0.0991. The van der Waals surface area contributed by atoms with Crippen molar-refractivity contribution >= 4 is 11.6 Å². The highest BCUT2D eigenvalue weighted by Crippen LogP contribution is 2.25. The molecule has 2 heterocycles. The fourth-order valence-corrected chi connectivity index (χ4v) is 3.31. The van der Waals surface area contributed by atoms with Gasteiger partial charge in [-0.1, -0.05) is 12.8 Å². The predicted octanol–water partition coefficient (Wildman–Crippen LogP) is 0.372. The second kappa shape index (κ2) is 5.54. The predicted molar refractivity (Wildman–Crippen MR) is 75.4 cm³/mol. The van der Waals surface area contributed by atoms with Crippen molar-refractivity contribution in [3.63, 3.8) is 0 Å². The van der Waals surface area contributed by atoms with E-state index in [1.165, 1.54) is 0 Å². The van der Waals surface area contributed by atoms with Gasteiger partial charge in [0.15, 0.2) is 0 Å². The molecular formula is C14H22N4O2. The van der Waals surface area contributed by atoms with E-state index in [2.05, 4.69) is 10.00 Å². The molecule has 1 N–H and O–H groups in total. The van der Waals surface area contributed by atoms with Gasteiger partial charge in [0, 0.05) is 32.4 Å². The van der Waals surface area contributed by atoms with Gasteiger partial charge in [-0.25, -0.2) is 0 Å². The Hall–Kier alpha value is -1.40. The van der Waals surface area contributed by atoms with Crippen molar-refractivity contribution in [1.29, 1.82) is 0 Å². The Morgan fingerprint density at radius 1 is 1.30 bits per heavy atom. The number of amides is 1. The lowest BCUT2D eigenvalue weighted by Gasteiger charge is -2.41. The lowest BCUT2D eigenvalue weighted by atomic mass is 9.91. The van der Waals surface area contributed by atoms with Crippen molar-refractivity contribution in [2.24, 2.45) is 7.05 Å². The fourth-order valence-electron chi connectivity index (χ4n) is 3.31.